The Bertz CT molecular complexity index is 961. The lowest BCUT2D eigenvalue weighted by Crippen LogP contribution is -2.49. The molecule has 1 fully saturated rings. The molecule has 2 aromatic carbocycles. The van der Waals surface area contributed by atoms with Crippen LogP contribution in [-0.4, -0.2) is 48.7 Å². The summed E-state index contributed by atoms with van der Waals surface area (Å²) in [6.45, 7) is 3.12. The molecule has 6 heteroatoms. The molecule has 0 bridgehead atoms. The normalized spacial score (nSPS) is 14.6. The maximum absolute atomic E-state index is 13.5. The summed E-state index contributed by atoms with van der Waals surface area (Å²) in [5.74, 6) is 0.599. The number of nitrogens with zero attached hydrogens (tertiary/aromatic N) is 3. The molecule has 0 radical (unpaired) electrons. The van der Waals surface area contributed by atoms with Crippen LogP contribution >= 0.6 is 0 Å². The molecule has 4 rings (SSSR count). The number of piperazine rings is 1. The first kappa shape index (κ1) is 17.4. The fourth-order valence-corrected chi connectivity index (χ4v) is 3.56. The van der Waals surface area contributed by atoms with E-state index in [9.17, 15) is 9.18 Å². The lowest BCUT2D eigenvalue weighted by Gasteiger charge is -2.36. The summed E-state index contributed by atoms with van der Waals surface area (Å²) in [5.41, 5.74) is 1.85. The van der Waals surface area contributed by atoms with Crippen molar-refractivity contribution in [1.82, 2.24) is 9.47 Å². The number of methoxy groups -OCH3 is 1. The van der Waals surface area contributed by atoms with Crippen molar-refractivity contribution >= 4 is 22.5 Å². The summed E-state index contributed by atoms with van der Waals surface area (Å²) in [4.78, 5) is 16.8. The van der Waals surface area contributed by atoms with E-state index in [0.717, 1.165) is 35.4 Å². The quantitative estimate of drug-likeness (QED) is 0.711. The highest BCUT2D eigenvalue weighted by Crippen LogP contribution is 2.22. The van der Waals surface area contributed by atoms with Crippen molar-refractivity contribution in [3.63, 3.8) is 0 Å². The van der Waals surface area contributed by atoms with E-state index in [1.807, 2.05) is 39.9 Å². The minimum atomic E-state index is -0.290. The number of hydrogen-bond acceptors (Lipinski definition) is 3. The highest BCUT2D eigenvalue weighted by atomic mass is 19.1. The summed E-state index contributed by atoms with van der Waals surface area (Å²) >= 11 is 0. The lowest BCUT2D eigenvalue weighted by molar-refractivity contribution is -0.132. The van der Waals surface area contributed by atoms with Crippen LogP contribution in [0.15, 0.2) is 54.7 Å². The van der Waals surface area contributed by atoms with Gasteiger partial charge in [-0.25, -0.2) is 4.39 Å². The second-order valence-electron chi connectivity index (χ2n) is 6.72. The number of amides is 1. The van der Waals surface area contributed by atoms with Crippen LogP contribution in [0, 0.1) is 5.82 Å². The van der Waals surface area contributed by atoms with E-state index in [1.54, 1.807) is 13.2 Å². The van der Waals surface area contributed by atoms with Gasteiger partial charge in [0.2, 0.25) is 5.91 Å². The fraction of sp³-hybridized carbons (Fsp3) is 0.286. The largest absolute Gasteiger partial charge is 0.497 e. The highest BCUT2D eigenvalue weighted by Gasteiger charge is 2.22. The minimum absolute atomic E-state index is 0.0575. The van der Waals surface area contributed by atoms with Gasteiger partial charge in [-0.2, -0.15) is 0 Å². The van der Waals surface area contributed by atoms with E-state index in [0.29, 0.717) is 13.1 Å². The standard InChI is InChI=1S/C21H22FN3O2/c1-27-19-4-2-3-18(14-19)23-9-11-24(12-10-23)21(26)15-25-8-7-16-5-6-17(22)13-20(16)25/h2-8,13-14H,9-12,15H2,1H3. The number of anilines is 1. The van der Waals surface area contributed by atoms with Gasteiger partial charge in [0.05, 0.1) is 12.6 Å². The first-order valence-corrected chi connectivity index (χ1v) is 9.05. The zero-order valence-electron chi connectivity index (χ0n) is 15.3. The van der Waals surface area contributed by atoms with Crippen LogP contribution in [0.5, 0.6) is 5.75 Å². The van der Waals surface area contributed by atoms with E-state index in [2.05, 4.69) is 11.0 Å². The van der Waals surface area contributed by atoms with Crippen LogP contribution in [0.3, 0.4) is 0 Å². The molecular formula is C21H22FN3O2. The number of halogens is 1. The average Bonchev–Trinajstić information content (AvgIpc) is 3.10. The Kier molecular flexibility index (Phi) is 4.71. The van der Waals surface area contributed by atoms with Gasteiger partial charge < -0.3 is 19.1 Å². The molecule has 0 saturated carbocycles. The van der Waals surface area contributed by atoms with Crippen molar-refractivity contribution < 1.29 is 13.9 Å². The molecule has 1 saturated heterocycles. The van der Waals surface area contributed by atoms with E-state index < -0.39 is 0 Å². The number of fused-ring (bicyclic) bond motifs is 1. The number of ether oxygens (including phenoxy) is 1. The third-order valence-corrected chi connectivity index (χ3v) is 5.09. The molecule has 0 aliphatic carbocycles. The fourth-order valence-electron chi connectivity index (χ4n) is 3.56. The van der Waals surface area contributed by atoms with Crippen LogP contribution in [0.4, 0.5) is 10.1 Å². The SMILES string of the molecule is COc1cccc(N2CCN(C(=O)Cn3ccc4ccc(F)cc43)CC2)c1. The Hall–Kier alpha value is -3.02. The maximum Gasteiger partial charge on any atom is 0.242 e. The molecule has 2 heterocycles. The molecule has 27 heavy (non-hydrogen) atoms. The topological polar surface area (TPSA) is 37.7 Å². The predicted octanol–water partition coefficient (Wildman–Crippen LogP) is 3.14. The van der Waals surface area contributed by atoms with E-state index in [-0.39, 0.29) is 18.3 Å². The van der Waals surface area contributed by atoms with Gasteiger partial charge in [0.15, 0.2) is 0 Å². The number of hydrogen-bond donors (Lipinski definition) is 0. The van der Waals surface area contributed by atoms with Crippen LogP contribution < -0.4 is 9.64 Å². The zero-order valence-corrected chi connectivity index (χ0v) is 15.3. The molecule has 3 aromatic rings. The Morgan fingerprint density at radius 1 is 1.07 bits per heavy atom. The molecule has 1 aliphatic heterocycles. The first-order chi connectivity index (χ1) is 13.1. The summed E-state index contributed by atoms with van der Waals surface area (Å²) in [6.07, 6.45) is 1.84. The van der Waals surface area contributed by atoms with Gasteiger partial charge in [0.1, 0.15) is 18.1 Å². The zero-order chi connectivity index (χ0) is 18.8. The van der Waals surface area contributed by atoms with Crippen molar-refractivity contribution in [2.24, 2.45) is 0 Å². The molecule has 0 N–H and O–H groups in total. The van der Waals surface area contributed by atoms with Crippen molar-refractivity contribution in [3.8, 4) is 5.75 Å². The first-order valence-electron chi connectivity index (χ1n) is 9.05. The third-order valence-electron chi connectivity index (χ3n) is 5.09. The minimum Gasteiger partial charge on any atom is -0.497 e. The number of rotatable bonds is 4. The second kappa shape index (κ2) is 7.31. The van der Waals surface area contributed by atoms with Crippen molar-refractivity contribution in [2.75, 3.05) is 38.2 Å². The summed E-state index contributed by atoms with van der Waals surface area (Å²) in [5, 5.41) is 0.937. The second-order valence-corrected chi connectivity index (χ2v) is 6.72. The van der Waals surface area contributed by atoms with Crippen molar-refractivity contribution in [1.29, 1.82) is 0 Å². The van der Waals surface area contributed by atoms with Gasteiger partial charge in [-0.05, 0) is 41.8 Å². The van der Waals surface area contributed by atoms with Crippen LogP contribution in [-0.2, 0) is 11.3 Å². The third kappa shape index (κ3) is 3.60. The molecule has 0 unspecified atom stereocenters. The summed E-state index contributed by atoms with van der Waals surface area (Å²) in [7, 11) is 1.66. The van der Waals surface area contributed by atoms with Gasteiger partial charge >= 0.3 is 0 Å². The number of carbonyl (C=O) groups excluding carboxylic acids is 1. The summed E-state index contributed by atoms with van der Waals surface area (Å²) in [6, 6.07) is 14.5. The number of aromatic nitrogens is 1. The molecule has 5 nitrogen and oxygen atoms in total. The lowest BCUT2D eigenvalue weighted by atomic mass is 10.2. The smallest absolute Gasteiger partial charge is 0.242 e. The molecule has 1 amide bonds. The Morgan fingerprint density at radius 2 is 1.89 bits per heavy atom. The van der Waals surface area contributed by atoms with Gasteiger partial charge in [0, 0.05) is 44.1 Å². The Balaban J connectivity index is 1.40. The van der Waals surface area contributed by atoms with Gasteiger partial charge in [-0.3, -0.25) is 4.79 Å². The maximum atomic E-state index is 13.5. The van der Waals surface area contributed by atoms with Crippen LogP contribution in [0.25, 0.3) is 10.9 Å². The number of benzene rings is 2. The van der Waals surface area contributed by atoms with Crippen LogP contribution in [0.2, 0.25) is 0 Å². The van der Waals surface area contributed by atoms with Crippen LogP contribution in [0.1, 0.15) is 0 Å². The van der Waals surface area contributed by atoms with Gasteiger partial charge in [-0.15, -0.1) is 0 Å². The highest BCUT2D eigenvalue weighted by molar-refractivity contribution is 5.83. The van der Waals surface area contributed by atoms with Crippen molar-refractivity contribution in [2.45, 2.75) is 6.54 Å². The predicted molar refractivity (Wildman–Crippen MR) is 104 cm³/mol. The monoisotopic (exact) mass is 367 g/mol. The average molecular weight is 367 g/mol. The molecular weight excluding hydrogens is 345 g/mol. The van der Waals surface area contributed by atoms with E-state index in [4.69, 9.17) is 4.74 Å². The summed E-state index contributed by atoms with van der Waals surface area (Å²) < 4.78 is 20.6. The number of carbonyl (C=O) groups is 1. The molecule has 140 valence electrons. The van der Waals surface area contributed by atoms with Gasteiger partial charge in [0.25, 0.3) is 0 Å². The van der Waals surface area contributed by atoms with Crippen molar-refractivity contribution in [3.05, 3.63) is 60.5 Å². The molecule has 1 aromatic heterocycles. The molecule has 0 atom stereocenters. The molecule has 0 spiro atoms. The Morgan fingerprint density at radius 3 is 2.67 bits per heavy atom. The van der Waals surface area contributed by atoms with Gasteiger partial charge in [-0.1, -0.05) is 6.07 Å². The van der Waals surface area contributed by atoms with E-state index in [1.165, 1.54) is 12.1 Å². The Labute approximate surface area is 157 Å². The van der Waals surface area contributed by atoms with E-state index >= 15 is 0 Å². The molecule has 1 aliphatic rings.